The van der Waals surface area contributed by atoms with Gasteiger partial charge in [0.1, 0.15) is 5.82 Å². The molecule has 25 heavy (non-hydrogen) atoms. The molecule has 0 radical (unpaired) electrons. The highest BCUT2D eigenvalue weighted by Crippen LogP contribution is 2.32. The molecule has 1 saturated carbocycles. The summed E-state index contributed by atoms with van der Waals surface area (Å²) in [5.74, 6) is 0.329. The molecule has 0 aliphatic heterocycles. The minimum Gasteiger partial charge on any atom is -0.347 e. The molecule has 0 bridgehead atoms. The molecule has 1 amide bonds. The third-order valence-corrected chi connectivity index (χ3v) is 4.73. The summed E-state index contributed by atoms with van der Waals surface area (Å²) in [6.07, 6.45) is 3.99. The smallest absolute Gasteiger partial charge is 0.289 e. The van der Waals surface area contributed by atoms with E-state index in [0.717, 1.165) is 29.5 Å². The lowest BCUT2D eigenvalue weighted by molar-refractivity contribution is 0.0923. The van der Waals surface area contributed by atoms with E-state index < -0.39 is 0 Å². The fourth-order valence-electron chi connectivity index (χ4n) is 3.03. The molecule has 5 nitrogen and oxygen atoms in total. The van der Waals surface area contributed by atoms with Crippen molar-refractivity contribution in [2.24, 2.45) is 5.92 Å². The van der Waals surface area contributed by atoms with Gasteiger partial charge >= 0.3 is 0 Å². The zero-order valence-electron chi connectivity index (χ0n) is 14.2. The number of hydrogen-bond acceptors (Lipinski definition) is 3. The van der Waals surface area contributed by atoms with Crippen molar-refractivity contribution in [3.05, 3.63) is 53.7 Å². The molecular formula is C19H19FN4O. The van der Waals surface area contributed by atoms with Gasteiger partial charge in [-0.25, -0.2) is 13.9 Å². The zero-order chi connectivity index (χ0) is 17.6. The molecule has 4 rings (SSSR count). The van der Waals surface area contributed by atoms with Crippen molar-refractivity contribution in [2.75, 3.05) is 0 Å². The van der Waals surface area contributed by atoms with Crippen molar-refractivity contribution in [1.29, 1.82) is 0 Å². The number of benzene rings is 1. The maximum atomic E-state index is 13.2. The van der Waals surface area contributed by atoms with Crippen LogP contribution in [0.2, 0.25) is 0 Å². The summed E-state index contributed by atoms with van der Waals surface area (Å²) in [5.41, 5.74) is 3.20. The maximum Gasteiger partial charge on any atom is 0.289 e. The first kappa shape index (κ1) is 15.7. The number of carbonyl (C=O) groups is 1. The van der Waals surface area contributed by atoms with Gasteiger partial charge in [-0.3, -0.25) is 4.79 Å². The topological polar surface area (TPSA) is 59.3 Å². The molecule has 1 N–H and O–H groups in total. The zero-order valence-corrected chi connectivity index (χ0v) is 14.2. The summed E-state index contributed by atoms with van der Waals surface area (Å²) in [7, 11) is 0. The SMILES string of the molecule is Cc1cc(-c2ccc(F)cc2)nn2c(C(=O)NC(C)C3CC3)ncc12. The van der Waals surface area contributed by atoms with Gasteiger partial charge in [0.2, 0.25) is 5.82 Å². The van der Waals surface area contributed by atoms with Gasteiger partial charge in [-0.1, -0.05) is 0 Å². The number of aromatic nitrogens is 3. The van der Waals surface area contributed by atoms with E-state index >= 15 is 0 Å². The summed E-state index contributed by atoms with van der Waals surface area (Å²) in [4.78, 5) is 16.8. The second kappa shape index (κ2) is 5.95. The van der Waals surface area contributed by atoms with Gasteiger partial charge in [0.25, 0.3) is 5.91 Å². The Hall–Kier alpha value is -2.76. The second-order valence-electron chi connectivity index (χ2n) is 6.70. The Bertz CT molecular complexity index is 944. The first-order valence-corrected chi connectivity index (χ1v) is 8.45. The van der Waals surface area contributed by atoms with Gasteiger partial charge < -0.3 is 5.32 Å². The summed E-state index contributed by atoms with van der Waals surface area (Å²) in [6.45, 7) is 3.97. The van der Waals surface area contributed by atoms with Crippen molar-refractivity contribution < 1.29 is 9.18 Å². The van der Waals surface area contributed by atoms with Crippen LogP contribution < -0.4 is 5.32 Å². The van der Waals surface area contributed by atoms with E-state index in [0.29, 0.717) is 11.6 Å². The van der Waals surface area contributed by atoms with Crippen LogP contribution in [0.4, 0.5) is 4.39 Å². The van der Waals surface area contributed by atoms with Crippen molar-refractivity contribution in [3.8, 4) is 11.3 Å². The fraction of sp³-hybridized carbons (Fsp3) is 0.316. The van der Waals surface area contributed by atoms with Gasteiger partial charge in [0.15, 0.2) is 0 Å². The van der Waals surface area contributed by atoms with E-state index in [1.165, 1.54) is 12.1 Å². The van der Waals surface area contributed by atoms with Gasteiger partial charge in [-0.15, -0.1) is 0 Å². The van der Waals surface area contributed by atoms with Gasteiger partial charge in [-0.05, 0) is 68.5 Å². The minimum absolute atomic E-state index is 0.140. The molecule has 2 aromatic heterocycles. The monoisotopic (exact) mass is 338 g/mol. The third-order valence-electron chi connectivity index (χ3n) is 4.73. The molecule has 1 unspecified atom stereocenters. The van der Waals surface area contributed by atoms with E-state index in [1.807, 2.05) is 19.9 Å². The summed E-state index contributed by atoms with van der Waals surface area (Å²) >= 11 is 0. The molecule has 2 heterocycles. The molecule has 1 atom stereocenters. The molecule has 0 saturated heterocycles. The predicted octanol–water partition coefficient (Wildman–Crippen LogP) is 3.37. The van der Waals surface area contributed by atoms with Crippen molar-refractivity contribution in [2.45, 2.75) is 32.7 Å². The summed E-state index contributed by atoms with van der Waals surface area (Å²) in [5, 5.41) is 7.57. The Kier molecular flexibility index (Phi) is 3.75. The number of carbonyl (C=O) groups excluding carboxylic acids is 1. The van der Waals surface area contributed by atoms with E-state index in [9.17, 15) is 9.18 Å². The number of nitrogens with zero attached hydrogens (tertiary/aromatic N) is 3. The van der Waals surface area contributed by atoms with Crippen LogP contribution in [0.15, 0.2) is 36.5 Å². The van der Waals surface area contributed by atoms with Crippen LogP contribution in [0.3, 0.4) is 0 Å². The first-order chi connectivity index (χ1) is 12.0. The second-order valence-corrected chi connectivity index (χ2v) is 6.70. The Balaban J connectivity index is 1.73. The fourth-order valence-corrected chi connectivity index (χ4v) is 3.03. The van der Waals surface area contributed by atoms with Crippen LogP contribution >= 0.6 is 0 Å². The third kappa shape index (κ3) is 2.99. The molecule has 1 aliphatic carbocycles. The largest absolute Gasteiger partial charge is 0.347 e. The van der Waals surface area contributed by atoms with Crippen molar-refractivity contribution in [1.82, 2.24) is 19.9 Å². The number of nitrogens with one attached hydrogen (secondary N) is 1. The Morgan fingerprint density at radius 1 is 1.32 bits per heavy atom. The number of halogens is 1. The maximum absolute atomic E-state index is 13.2. The van der Waals surface area contributed by atoms with Crippen LogP contribution in [-0.4, -0.2) is 26.5 Å². The average Bonchev–Trinajstić information content (AvgIpc) is 3.35. The van der Waals surface area contributed by atoms with E-state index in [-0.39, 0.29) is 23.6 Å². The van der Waals surface area contributed by atoms with Gasteiger partial charge in [-0.2, -0.15) is 5.10 Å². The van der Waals surface area contributed by atoms with Crippen molar-refractivity contribution >= 4 is 11.4 Å². The Morgan fingerprint density at radius 2 is 2.04 bits per heavy atom. The minimum atomic E-state index is -0.293. The van der Waals surface area contributed by atoms with Crippen molar-refractivity contribution in [3.63, 3.8) is 0 Å². The van der Waals surface area contributed by atoms with Crippen LogP contribution in [0.5, 0.6) is 0 Å². The van der Waals surface area contributed by atoms with E-state index in [1.54, 1.807) is 22.8 Å². The van der Waals surface area contributed by atoms with E-state index in [4.69, 9.17) is 0 Å². The number of fused-ring (bicyclic) bond motifs is 1. The first-order valence-electron chi connectivity index (χ1n) is 8.45. The molecule has 3 aromatic rings. The van der Waals surface area contributed by atoms with Gasteiger partial charge in [0, 0.05) is 11.6 Å². The van der Waals surface area contributed by atoms with Crippen LogP contribution in [0.1, 0.15) is 35.9 Å². The van der Waals surface area contributed by atoms with Crippen LogP contribution in [0.25, 0.3) is 16.8 Å². The summed E-state index contributed by atoms with van der Waals surface area (Å²) in [6, 6.07) is 8.20. The number of hydrogen-bond donors (Lipinski definition) is 1. The highest BCUT2D eigenvalue weighted by Gasteiger charge is 2.30. The highest BCUT2D eigenvalue weighted by atomic mass is 19.1. The summed E-state index contributed by atoms with van der Waals surface area (Å²) < 4.78 is 14.7. The number of amides is 1. The Labute approximate surface area is 144 Å². The van der Waals surface area contributed by atoms with Crippen LogP contribution in [-0.2, 0) is 0 Å². The average molecular weight is 338 g/mol. The lowest BCUT2D eigenvalue weighted by atomic mass is 10.1. The normalized spacial score (nSPS) is 15.3. The van der Waals surface area contributed by atoms with Crippen LogP contribution in [0, 0.1) is 18.7 Å². The Morgan fingerprint density at radius 3 is 2.72 bits per heavy atom. The van der Waals surface area contributed by atoms with Gasteiger partial charge in [0.05, 0.1) is 17.4 Å². The standard InChI is InChI=1S/C19H19FN4O/c1-11-9-16(14-5-7-15(20)8-6-14)23-24-17(11)10-21-18(24)19(25)22-12(2)13-3-4-13/h5-10,12-13H,3-4H2,1-2H3,(H,22,25). The molecule has 0 spiro atoms. The number of aryl methyl sites for hydroxylation is 1. The molecule has 1 fully saturated rings. The molecular weight excluding hydrogens is 319 g/mol. The molecule has 1 aliphatic rings. The number of imidazole rings is 1. The number of rotatable bonds is 4. The molecule has 1 aromatic carbocycles. The lowest BCUT2D eigenvalue weighted by Crippen LogP contribution is -2.35. The molecule has 6 heteroatoms. The molecule has 128 valence electrons. The predicted molar refractivity (Wildman–Crippen MR) is 92.8 cm³/mol. The highest BCUT2D eigenvalue weighted by molar-refractivity contribution is 5.92. The quantitative estimate of drug-likeness (QED) is 0.793. The van der Waals surface area contributed by atoms with E-state index in [2.05, 4.69) is 15.4 Å². The lowest BCUT2D eigenvalue weighted by Gasteiger charge is -2.12.